The minimum Gasteiger partial charge on any atom is -0.344 e. The van der Waals surface area contributed by atoms with Crippen LogP contribution in [0.4, 0.5) is 0 Å². The maximum absolute atomic E-state index is 10.9. The van der Waals surface area contributed by atoms with Crippen LogP contribution < -0.4 is 0 Å². The third-order valence-electron chi connectivity index (χ3n) is 3.89. The zero-order valence-corrected chi connectivity index (χ0v) is 12.8. The quantitative estimate of drug-likeness (QED) is 0.685. The van der Waals surface area contributed by atoms with E-state index in [1.165, 1.54) is 16.3 Å². The number of rotatable bonds is 4. The number of amides is 1. The molecule has 0 aliphatic heterocycles. The van der Waals surface area contributed by atoms with Crippen molar-refractivity contribution < 1.29 is 4.79 Å². The van der Waals surface area contributed by atoms with Crippen molar-refractivity contribution >= 4 is 17.2 Å². The Morgan fingerprint density at radius 2 is 1.91 bits per heavy atom. The van der Waals surface area contributed by atoms with Crippen molar-refractivity contribution in [1.82, 2.24) is 9.88 Å². The van der Waals surface area contributed by atoms with E-state index in [1.807, 2.05) is 19.2 Å². The number of pyridine rings is 1. The molecule has 3 nitrogen and oxygen atoms in total. The monoisotopic (exact) mass is 290 g/mol. The SMILES string of the molecule is Cc1ncc(-c2cccc3ccccc23)cc1CN(C)C=O. The van der Waals surface area contributed by atoms with Crippen LogP contribution in [0.15, 0.2) is 54.7 Å². The standard InChI is InChI=1S/C19H18N2O/c1-14-17(12-21(2)13-22)10-16(11-20-14)19-9-5-7-15-6-3-4-8-18(15)19/h3-11,13H,12H2,1-2H3. The van der Waals surface area contributed by atoms with Gasteiger partial charge in [0.2, 0.25) is 6.41 Å². The Labute approximate surface area is 130 Å². The zero-order valence-electron chi connectivity index (χ0n) is 12.8. The van der Waals surface area contributed by atoms with Gasteiger partial charge in [0, 0.05) is 31.0 Å². The van der Waals surface area contributed by atoms with Crippen molar-refractivity contribution in [2.45, 2.75) is 13.5 Å². The number of benzene rings is 2. The van der Waals surface area contributed by atoms with Gasteiger partial charge in [0.1, 0.15) is 0 Å². The summed E-state index contributed by atoms with van der Waals surface area (Å²) in [5.41, 5.74) is 4.27. The molecule has 0 N–H and O–H groups in total. The van der Waals surface area contributed by atoms with Gasteiger partial charge in [-0.1, -0.05) is 42.5 Å². The van der Waals surface area contributed by atoms with Crippen LogP contribution in [0.1, 0.15) is 11.3 Å². The molecule has 1 amide bonds. The highest BCUT2D eigenvalue weighted by Crippen LogP contribution is 2.29. The van der Waals surface area contributed by atoms with Crippen LogP contribution in [-0.4, -0.2) is 23.3 Å². The Morgan fingerprint density at radius 3 is 2.73 bits per heavy atom. The van der Waals surface area contributed by atoms with E-state index in [9.17, 15) is 4.79 Å². The second kappa shape index (κ2) is 5.98. The minimum atomic E-state index is 0.570. The fourth-order valence-corrected chi connectivity index (χ4v) is 2.67. The molecule has 1 heterocycles. The molecule has 3 rings (SSSR count). The van der Waals surface area contributed by atoms with Gasteiger partial charge in [0.15, 0.2) is 0 Å². The third kappa shape index (κ3) is 2.70. The van der Waals surface area contributed by atoms with Gasteiger partial charge in [-0.05, 0) is 34.9 Å². The molecule has 0 bridgehead atoms. The van der Waals surface area contributed by atoms with Gasteiger partial charge in [0.25, 0.3) is 0 Å². The largest absolute Gasteiger partial charge is 0.344 e. The summed E-state index contributed by atoms with van der Waals surface area (Å²) < 4.78 is 0. The van der Waals surface area contributed by atoms with Crippen LogP contribution in [0.3, 0.4) is 0 Å². The van der Waals surface area contributed by atoms with Crippen LogP contribution in [-0.2, 0) is 11.3 Å². The highest BCUT2D eigenvalue weighted by atomic mass is 16.1. The number of aryl methyl sites for hydroxylation is 1. The van der Waals surface area contributed by atoms with E-state index >= 15 is 0 Å². The van der Waals surface area contributed by atoms with E-state index in [1.54, 1.807) is 11.9 Å². The molecule has 0 spiro atoms. The molecule has 0 fully saturated rings. The molecule has 0 saturated carbocycles. The van der Waals surface area contributed by atoms with Crippen molar-refractivity contribution in [2.24, 2.45) is 0 Å². The molecule has 0 saturated heterocycles. The Bertz CT molecular complexity index is 821. The second-order valence-electron chi connectivity index (χ2n) is 5.52. The number of carbonyl (C=O) groups excluding carboxylic acids is 1. The number of hydrogen-bond donors (Lipinski definition) is 0. The Balaban J connectivity index is 2.11. The lowest BCUT2D eigenvalue weighted by molar-refractivity contribution is -0.117. The number of fused-ring (bicyclic) bond motifs is 1. The highest BCUT2D eigenvalue weighted by molar-refractivity contribution is 5.96. The fourth-order valence-electron chi connectivity index (χ4n) is 2.67. The van der Waals surface area contributed by atoms with E-state index < -0.39 is 0 Å². The van der Waals surface area contributed by atoms with Crippen LogP contribution in [0.5, 0.6) is 0 Å². The normalized spacial score (nSPS) is 10.6. The fraction of sp³-hybridized carbons (Fsp3) is 0.158. The van der Waals surface area contributed by atoms with Crippen LogP contribution in [0.25, 0.3) is 21.9 Å². The lowest BCUT2D eigenvalue weighted by atomic mass is 9.98. The van der Waals surface area contributed by atoms with Crippen LogP contribution in [0, 0.1) is 6.92 Å². The van der Waals surface area contributed by atoms with Crippen LogP contribution >= 0.6 is 0 Å². The average molecular weight is 290 g/mol. The predicted octanol–water partition coefficient (Wildman–Crippen LogP) is 3.80. The lowest BCUT2D eigenvalue weighted by Crippen LogP contribution is -2.16. The van der Waals surface area contributed by atoms with E-state index in [4.69, 9.17) is 0 Å². The summed E-state index contributed by atoms with van der Waals surface area (Å²) in [5.74, 6) is 0. The van der Waals surface area contributed by atoms with Crippen molar-refractivity contribution in [1.29, 1.82) is 0 Å². The summed E-state index contributed by atoms with van der Waals surface area (Å²) in [6, 6.07) is 16.8. The maximum Gasteiger partial charge on any atom is 0.209 e. The van der Waals surface area contributed by atoms with E-state index in [0.29, 0.717) is 6.54 Å². The highest BCUT2D eigenvalue weighted by Gasteiger charge is 2.08. The lowest BCUT2D eigenvalue weighted by Gasteiger charge is -2.14. The molecule has 3 heteroatoms. The minimum absolute atomic E-state index is 0.570. The Morgan fingerprint density at radius 1 is 1.14 bits per heavy atom. The third-order valence-corrected chi connectivity index (χ3v) is 3.89. The van der Waals surface area contributed by atoms with Gasteiger partial charge in [-0.25, -0.2) is 0 Å². The number of hydrogen-bond acceptors (Lipinski definition) is 2. The first kappa shape index (κ1) is 14.3. The molecule has 0 unspecified atom stereocenters. The molecule has 110 valence electrons. The number of aromatic nitrogens is 1. The first-order valence-corrected chi connectivity index (χ1v) is 7.28. The Kier molecular flexibility index (Phi) is 3.88. The van der Waals surface area contributed by atoms with Crippen molar-refractivity contribution in [3.05, 3.63) is 66.0 Å². The molecule has 3 aromatic rings. The summed E-state index contributed by atoms with van der Waals surface area (Å²) in [6.45, 7) is 2.54. The zero-order chi connectivity index (χ0) is 15.5. The second-order valence-corrected chi connectivity index (χ2v) is 5.52. The molecule has 1 aromatic heterocycles. The number of carbonyl (C=O) groups is 1. The van der Waals surface area contributed by atoms with E-state index in [0.717, 1.165) is 23.2 Å². The van der Waals surface area contributed by atoms with E-state index in [2.05, 4.69) is 47.4 Å². The predicted molar refractivity (Wildman–Crippen MR) is 89.4 cm³/mol. The van der Waals surface area contributed by atoms with Crippen molar-refractivity contribution in [3.63, 3.8) is 0 Å². The van der Waals surface area contributed by atoms with Gasteiger partial charge >= 0.3 is 0 Å². The molecule has 0 radical (unpaired) electrons. The summed E-state index contributed by atoms with van der Waals surface area (Å²) in [5, 5.41) is 2.43. The van der Waals surface area contributed by atoms with Gasteiger partial charge in [-0.3, -0.25) is 9.78 Å². The van der Waals surface area contributed by atoms with Crippen molar-refractivity contribution in [3.8, 4) is 11.1 Å². The van der Waals surface area contributed by atoms with Gasteiger partial charge < -0.3 is 4.90 Å². The first-order chi connectivity index (χ1) is 10.7. The summed E-state index contributed by atoms with van der Waals surface area (Å²) in [6.07, 6.45) is 2.74. The summed E-state index contributed by atoms with van der Waals surface area (Å²) in [4.78, 5) is 17.0. The molecule has 0 atom stereocenters. The molecular formula is C19H18N2O. The van der Waals surface area contributed by atoms with E-state index in [-0.39, 0.29) is 0 Å². The number of nitrogens with zero attached hydrogens (tertiary/aromatic N) is 2. The first-order valence-electron chi connectivity index (χ1n) is 7.28. The maximum atomic E-state index is 10.9. The Hall–Kier alpha value is -2.68. The smallest absolute Gasteiger partial charge is 0.209 e. The summed E-state index contributed by atoms with van der Waals surface area (Å²) >= 11 is 0. The molecule has 0 aliphatic carbocycles. The average Bonchev–Trinajstić information content (AvgIpc) is 2.56. The molecule has 2 aromatic carbocycles. The molecule has 22 heavy (non-hydrogen) atoms. The molecule has 0 aliphatic rings. The summed E-state index contributed by atoms with van der Waals surface area (Å²) in [7, 11) is 1.77. The van der Waals surface area contributed by atoms with Crippen molar-refractivity contribution in [2.75, 3.05) is 7.05 Å². The van der Waals surface area contributed by atoms with Crippen LogP contribution in [0.2, 0.25) is 0 Å². The molecular weight excluding hydrogens is 272 g/mol. The van der Waals surface area contributed by atoms with Gasteiger partial charge in [-0.15, -0.1) is 0 Å². The van der Waals surface area contributed by atoms with Gasteiger partial charge in [-0.2, -0.15) is 0 Å². The van der Waals surface area contributed by atoms with Gasteiger partial charge in [0.05, 0.1) is 0 Å². The topological polar surface area (TPSA) is 33.2 Å².